The minimum Gasteiger partial charge on any atom is -0.624 e. The van der Waals surface area contributed by atoms with E-state index < -0.39 is 0 Å². The molecule has 0 fully saturated rings. The van der Waals surface area contributed by atoms with E-state index in [0.29, 0.717) is 4.74 Å². The van der Waals surface area contributed by atoms with Gasteiger partial charge in [-0.2, -0.15) is 0 Å². The highest BCUT2D eigenvalue weighted by atomic mass is 16.5. The second kappa shape index (κ2) is 3.19. The molecule has 0 aliphatic heterocycles. The summed E-state index contributed by atoms with van der Waals surface area (Å²) in [6, 6.07) is 9.43. The number of hydrogen-bond acceptors (Lipinski definition) is 1. The van der Waals surface area contributed by atoms with E-state index >= 15 is 0 Å². The zero-order valence-electron chi connectivity index (χ0n) is 6.53. The standard InChI is InChI=1S/C9H11NO/c1-8(10(2)11)9-6-4-3-5-7-9/h3-8H,2H2,1H3/t8-/m0/s1. The highest BCUT2D eigenvalue weighted by molar-refractivity contribution is 5.20. The number of hydrogen-bond donors (Lipinski definition) is 0. The lowest BCUT2D eigenvalue weighted by Crippen LogP contribution is -2.06. The molecule has 1 rings (SSSR count). The molecule has 1 atom stereocenters. The first-order valence-electron chi connectivity index (χ1n) is 3.53. The van der Waals surface area contributed by atoms with Crippen molar-refractivity contribution in [3.63, 3.8) is 0 Å². The van der Waals surface area contributed by atoms with E-state index in [2.05, 4.69) is 6.72 Å². The van der Waals surface area contributed by atoms with Gasteiger partial charge in [-0.05, 0) is 0 Å². The summed E-state index contributed by atoms with van der Waals surface area (Å²) in [6.07, 6.45) is 0. The lowest BCUT2D eigenvalue weighted by atomic mass is 10.1. The van der Waals surface area contributed by atoms with Crippen LogP contribution in [0.4, 0.5) is 0 Å². The molecule has 0 N–H and O–H groups in total. The molecule has 0 unspecified atom stereocenters. The Morgan fingerprint density at radius 3 is 2.36 bits per heavy atom. The Kier molecular flexibility index (Phi) is 2.26. The summed E-state index contributed by atoms with van der Waals surface area (Å²) >= 11 is 0. The van der Waals surface area contributed by atoms with Crippen LogP contribution in [0.1, 0.15) is 18.5 Å². The third kappa shape index (κ3) is 1.80. The molecule has 1 aromatic carbocycles. The predicted octanol–water partition coefficient (Wildman–Crippen LogP) is 1.96. The summed E-state index contributed by atoms with van der Waals surface area (Å²) in [4.78, 5) is 0. The number of rotatable bonds is 2. The van der Waals surface area contributed by atoms with Crippen LogP contribution in [0, 0.1) is 5.21 Å². The Morgan fingerprint density at radius 2 is 1.91 bits per heavy atom. The van der Waals surface area contributed by atoms with Gasteiger partial charge in [0.2, 0.25) is 0 Å². The zero-order chi connectivity index (χ0) is 8.27. The Labute approximate surface area is 66.4 Å². The molecule has 0 bridgehead atoms. The normalized spacial score (nSPS) is 12.5. The molecule has 2 nitrogen and oxygen atoms in total. The highest BCUT2D eigenvalue weighted by Crippen LogP contribution is 2.13. The third-order valence-corrected chi connectivity index (χ3v) is 1.71. The molecule has 58 valence electrons. The van der Waals surface area contributed by atoms with Crippen LogP contribution in [-0.4, -0.2) is 11.5 Å². The van der Waals surface area contributed by atoms with Gasteiger partial charge in [-0.25, -0.2) is 4.74 Å². The van der Waals surface area contributed by atoms with Crippen molar-refractivity contribution in [1.29, 1.82) is 0 Å². The Bertz CT molecular complexity index is 243. The topological polar surface area (TPSA) is 26.1 Å². The molecule has 11 heavy (non-hydrogen) atoms. The maximum atomic E-state index is 10.7. The van der Waals surface area contributed by atoms with Crippen LogP contribution >= 0.6 is 0 Å². The molecule has 0 aliphatic rings. The van der Waals surface area contributed by atoms with E-state index in [1.54, 1.807) is 0 Å². The molecule has 0 aliphatic carbocycles. The fraction of sp³-hybridized carbons (Fsp3) is 0.222. The largest absolute Gasteiger partial charge is 0.624 e. The van der Waals surface area contributed by atoms with Crippen molar-refractivity contribution >= 4 is 6.72 Å². The van der Waals surface area contributed by atoms with Crippen molar-refractivity contribution in [2.75, 3.05) is 0 Å². The van der Waals surface area contributed by atoms with Gasteiger partial charge in [0.05, 0.1) is 0 Å². The van der Waals surface area contributed by atoms with E-state index in [1.165, 1.54) is 0 Å². The second-order valence-electron chi connectivity index (χ2n) is 2.50. The molecular weight excluding hydrogens is 138 g/mol. The van der Waals surface area contributed by atoms with Crippen molar-refractivity contribution in [2.24, 2.45) is 0 Å². The smallest absolute Gasteiger partial charge is 0.185 e. The van der Waals surface area contributed by atoms with Crippen LogP contribution in [0.2, 0.25) is 0 Å². The Morgan fingerprint density at radius 1 is 1.36 bits per heavy atom. The average Bonchev–Trinajstić information content (AvgIpc) is 2.05. The van der Waals surface area contributed by atoms with Crippen molar-refractivity contribution in [1.82, 2.24) is 0 Å². The summed E-state index contributed by atoms with van der Waals surface area (Å²) in [6.45, 7) is 5.12. The van der Waals surface area contributed by atoms with E-state index in [9.17, 15) is 5.21 Å². The molecule has 0 spiro atoms. The van der Waals surface area contributed by atoms with Gasteiger partial charge in [-0.3, -0.25) is 0 Å². The Balaban J connectivity index is 2.85. The number of nitrogens with zero attached hydrogens (tertiary/aromatic N) is 1. The molecule has 0 heterocycles. The second-order valence-corrected chi connectivity index (χ2v) is 2.50. The quantitative estimate of drug-likeness (QED) is 0.273. The monoisotopic (exact) mass is 149 g/mol. The van der Waals surface area contributed by atoms with E-state index in [0.717, 1.165) is 5.56 Å². The van der Waals surface area contributed by atoms with Gasteiger partial charge >= 0.3 is 0 Å². The van der Waals surface area contributed by atoms with Crippen molar-refractivity contribution < 1.29 is 4.74 Å². The van der Waals surface area contributed by atoms with Crippen LogP contribution in [0.3, 0.4) is 0 Å². The van der Waals surface area contributed by atoms with Gasteiger partial charge in [-0.15, -0.1) is 0 Å². The first kappa shape index (κ1) is 7.79. The van der Waals surface area contributed by atoms with Gasteiger partial charge in [0.15, 0.2) is 6.04 Å². The van der Waals surface area contributed by atoms with E-state index in [1.807, 2.05) is 37.3 Å². The fourth-order valence-corrected chi connectivity index (χ4v) is 0.898. The van der Waals surface area contributed by atoms with Crippen molar-refractivity contribution in [3.8, 4) is 0 Å². The van der Waals surface area contributed by atoms with Gasteiger partial charge in [0, 0.05) is 12.5 Å². The fourth-order valence-electron chi connectivity index (χ4n) is 0.898. The molecule has 0 amide bonds. The number of benzene rings is 1. The van der Waals surface area contributed by atoms with Crippen LogP contribution in [0.25, 0.3) is 0 Å². The van der Waals surface area contributed by atoms with Crippen LogP contribution in [-0.2, 0) is 0 Å². The molecular formula is C9H11NO. The van der Waals surface area contributed by atoms with Crippen molar-refractivity contribution in [3.05, 3.63) is 41.1 Å². The van der Waals surface area contributed by atoms with E-state index in [-0.39, 0.29) is 6.04 Å². The molecule has 2 heteroatoms. The SMILES string of the molecule is C=[N+]([O-])[C@@H](C)c1ccccc1. The molecule has 0 aromatic heterocycles. The summed E-state index contributed by atoms with van der Waals surface area (Å²) in [5, 5.41) is 10.7. The summed E-state index contributed by atoms with van der Waals surface area (Å²) in [7, 11) is 0. The molecule has 0 saturated heterocycles. The predicted molar refractivity (Wildman–Crippen MR) is 45.6 cm³/mol. The van der Waals surface area contributed by atoms with Crippen molar-refractivity contribution in [2.45, 2.75) is 13.0 Å². The van der Waals surface area contributed by atoms with Crippen LogP contribution < -0.4 is 0 Å². The first-order valence-corrected chi connectivity index (χ1v) is 3.53. The minimum absolute atomic E-state index is 0.156. The van der Waals surface area contributed by atoms with Crippen LogP contribution in [0.5, 0.6) is 0 Å². The molecule has 0 radical (unpaired) electrons. The third-order valence-electron chi connectivity index (χ3n) is 1.71. The summed E-state index contributed by atoms with van der Waals surface area (Å²) in [5.41, 5.74) is 0.998. The summed E-state index contributed by atoms with van der Waals surface area (Å²) < 4.78 is 0.704. The van der Waals surface area contributed by atoms with Gasteiger partial charge in [0.25, 0.3) is 0 Å². The lowest BCUT2D eigenvalue weighted by Gasteiger charge is -2.10. The van der Waals surface area contributed by atoms with Crippen LogP contribution in [0.15, 0.2) is 30.3 Å². The highest BCUT2D eigenvalue weighted by Gasteiger charge is 2.07. The molecule has 0 saturated carbocycles. The maximum Gasteiger partial charge on any atom is 0.185 e. The first-order chi connectivity index (χ1) is 5.22. The maximum absolute atomic E-state index is 10.7. The lowest BCUT2D eigenvalue weighted by molar-refractivity contribution is -0.494. The van der Waals surface area contributed by atoms with Gasteiger partial charge in [0.1, 0.15) is 6.72 Å². The summed E-state index contributed by atoms with van der Waals surface area (Å²) in [5.74, 6) is 0. The average molecular weight is 149 g/mol. The van der Waals surface area contributed by atoms with Gasteiger partial charge < -0.3 is 5.21 Å². The Hall–Kier alpha value is -1.31. The zero-order valence-corrected chi connectivity index (χ0v) is 6.53. The number of hydroxylamine groups is 1. The van der Waals surface area contributed by atoms with E-state index in [4.69, 9.17) is 0 Å². The van der Waals surface area contributed by atoms with Gasteiger partial charge in [-0.1, -0.05) is 30.3 Å². The minimum atomic E-state index is -0.156. The molecule has 1 aromatic rings.